The van der Waals surface area contributed by atoms with Crippen molar-refractivity contribution >= 4 is 17.2 Å². The Morgan fingerprint density at radius 2 is 1.82 bits per heavy atom. The number of aryl methyl sites for hydroxylation is 2. The Labute approximate surface area is 195 Å². The molecule has 178 valence electrons. The maximum atomic E-state index is 13.3. The number of hydrogen-bond acceptors (Lipinski definition) is 7. The summed E-state index contributed by atoms with van der Waals surface area (Å²) in [6, 6.07) is 2.12. The van der Waals surface area contributed by atoms with E-state index in [0.29, 0.717) is 5.01 Å². The quantitative estimate of drug-likeness (QED) is 0.541. The molecule has 0 N–H and O–H groups in total. The van der Waals surface area contributed by atoms with Crippen LogP contribution in [0.15, 0.2) is 12.3 Å². The molecule has 11 heteroatoms. The third-order valence-electron chi connectivity index (χ3n) is 6.41. The first-order valence-electron chi connectivity index (χ1n) is 10.9. The van der Waals surface area contributed by atoms with Crippen LogP contribution in [-0.4, -0.2) is 56.0 Å². The minimum Gasteiger partial charge on any atom is -0.355 e. The van der Waals surface area contributed by atoms with Crippen LogP contribution in [-0.2, 0) is 19.8 Å². The van der Waals surface area contributed by atoms with Crippen LogP contribution in [0.3, 0.4) is 0 Å². The fourth-order valence-corrected chi connectivity index (χ4v) is 5.43. The SMILES string of the molecule is Cc1nc(C(F)(F)F)c(CN(C)C2CCN(c3nnc(-c4ccnn4C)c(C)c3C)CC2)s1. The second-order valence-corrected chi connectivity index (χ2v) is 9.89. The number of thiazole rings is 1. The first-order valence-corrected chi connectivity index (χ1v) is 11.7. The van der Waals surface area contributed by atoms with Crippen molar-refractivity contribution in [3.05, 3.63) is 39.0 Å². The molecule has 0 spiro atoms. The van der Waals surface area contributed by atoms with Crippen LogP contribution >= 0.6 is 11.3 Å². The third kappa shape index (κ3) is 4.74. The molecule has 4 rings (SSSR count). The standard InChI is InChI=1S/C22H28F3N7S/c1-13-14(2)21(29-28-19(13)17-6-9-26-31(17)5)32-10-7-16(8-11-32)30(4)12-18-20(22(23,24)25)27-15(3)33-18/h6,9,16H,7-8,10-12H2,1-5H3. The highest BCUT2D eigenvalue weighted by Gasteiger charge is 2.37. The minimum absolute atomic E-state index is 0.202. The van der Waals surface area contributed by atoms with Gasteiger partial charge in [0.1, 0.15) is 5.69 Å². The molecule has 1 aliphatic rings. The Morgan fingerprint density at radius 3 is 2.42 bits per heavy atom. The lowest BCUT2D eigenvalue weighted by Crippen LogP contribution is -2.43. The average Bonchev–Trinajstić information content (AvgIpc) is 3.35. The van der Waals surface area contributed by atoms with Gasteiger partial charge in [0.2, 0.25) is 0 Å². The summed E-state index contributed by atoms with van der Waals surface area (Å²) in [5.41, 5.74) is 3.16. The molecular formula is C22H28F3N7S. The van der Waals surface area contributed by atoms with Gasteiger partial charge in [0.15, 0.2) is 11.5 Å². The molecule has 0 bridgehead atoms. The van der Waals surface area contributed by atoms with E-state index in [4.69, 9.17) is 0 Å². The molecule has 0 radical (unpaired) electrons. The number of rotatable bonds is 5. The Bertz CT molecular complexity index is 1130. The van der Waals surface area contributed by atoms with Crippen molar-refractivity contribution in [3.8, 4) is 11.4 Å². The Morgan fingerprint density at radius 1 is 1.12 bits per heavy atom. The van der Waals surface area contributed by atoms with Gasteiger partial charge < -0.3 is 4.90 Å². The predicted molar refractivity (Wildman–Crippen MR) is 122 cm³/mol. The molecule has 4 heterocycles. The lowest BCUT2D eigenvalue weighted by atomic mass is 10.0. The molecule has 0 aliphatic carbocycles. The fourth-order valence-electron chi connectivity index (χ4n) is 4.41. The van der Waals surface area contributed by atoms with Gasteiger partial charge in [0.25, 0.3) is 0 Å². The van der Waals surface area contributed by atoms with Crippen molar-refractivity contribution < 1.29 is 13.2 Å². The predicted octanol–water partition coefficient (Wildman–Crippen LogP) is 4.38. The van der Waals surface area contributed by atoms with Crippen molar-refractivity contribution in [2.45, 2.75) is 52.4 Å². The molecule has 0 saturated carbocycles. The number of halogens is 3. The maximum Gasteiger partial charge on any atom is 0.434 e. The monoisotopic (exact) mass is 479 g/mol. The van der Waals surface area contributed by atoms with Gasteiger partial charge in [-0.15, -0.1) is 21.5 Å². The molecule has 1 saturated heterocycles. The first-order chi connectivity index (χ1) is 15.6. The van der Waals surface area contributed by atoms with Crippen molar-refractivity contribution in [3.63, 3.8) is 0 Å². The van der Waals surface area contributed by atoms with E-state index in [2.05, 4.69) is 32.1 Å². The number of alkyl halides is 3. The van der Waals surface area contributed by atoms with E-state index < -0.39 is 11.9 Å². The molecule has 0 unspecified atom stereocenters. The maximum absolute atomic E-state index is 13.3. The zero-order chi connectivity index (χ0) is 23.9. The molecule has 0 aromatic carbocycles. The van der Waals surface area contributed by atoms with Gasteiger partial charge in [-0.05, 0) is 57.9 Å². The molecule has 3 aromatic heterocycles. The molecule has 0 amide bonds. The van der Waals surface area contributed by atoms with E-state index in [1.165, 1.54) is 0 Å². The highest BCUT2D eigenvalue weighted by atomic mass is 32.1. The van der Waals surface area contributed by atoms with Crippen LogP contribution in [0.5, 0.6) is 0 Å². The number of hydrogen-bond donors (Lipinski definition) is 0. The van der Waals surface area contributed by atoms with E-state index in [9.17, 15) is 13.2 Å². The summed E-state index contributed by atoms with van der Waals surface area (Å²) >= 11 is 1.13. The van der Waals surface area contributed by atoms with Crippen LogP contribution in [0.1, 0.15) is 39.5 Å². The molecule has 3 aromatic rings. The Balaban J connectivity index is 1.43. The van der Waals surface area contributed by atoms with Crippen LogP contribution < -0.4 is 4.90 Å². The summed E-state index contributed by atoms with van der Waals surface area (Å²) < 4.78 is 41.7. The lowest BCUT2D eigenvalue weighted by molar-refractivity contribution is -0.141. The lowest BCUT2D eigenvalue weighted by Gasteiger charge is -2.37. The molecule has 1 fully saturated rings. The van der Waals surface area contributed by atoms with E-state index in [-0.39, 0.29) is 17.5 Å². The van der Waals surface area contributed by atoms with Gasteiger partial charge in [-0.25, -0.2) is 4.98 Å². The number of nitrogens with zero attached hydrogens (tertiary/aromatic N) is 7. The zero-order valence-corrected chi connectivity index (χ0v) is 20.3. The summed E-state index contributed by atoms with van der Waals surface area (Å²) in [6.07, 6.45) is -0.981. The Hall–Kier alpha value is -2.53. The fraction of sp³-hybridized carbons (Fsp3) is 0.545. The zero-order valence-electron chi connectivity index (χ0n) is 19.4. The van der Waals surface area contributed by atoms with Gasteiger partial charge in [-0.1, -0.05) is 0 Å². The number of piperidine rings is 1. The summed E-state index contributed by atoms with van der Waals surface area (Å²) in [5.74, 6) is 0.872. The second-order valence-electron chi connectivity index (χ2n) is 8.60. The topological polar surface area (TPSA) is 63.0 Å². The highest BCUT2D eigenvalue weighted by molar-refractivity contribution is 7.11. The molecule has 33 heavy (non-hydrogen) atoms. The number of aromatic nitrogens is 5. The molecule has 7 nitrogen and oxygen atoms in total. The van der Waals surface area contributed by atoms with Crippen molar-refractivity contribution in [1.29, 1.82) is 0 Å². The van der Waals surface area contributed by atoms with Crippen LogP contribution in [0, 0.1) is 20.8 Å². The molecule has 0 atom stereocenters. The third-order valence-corrected chi connectivity index (χ3v) is 7.37. The van der Waals surface area contributed by atoms with Crippen LogP contribution in [0.2, 0.25) is 0 Å². The summed E-state index contributed by atoms with van der Waals surface area (Å²) in [7, 11) is 3.78. The average molecular weight is 480 g/mol. The van der Waals surface area contributed by atoms with Crippen molar-refractivity contribution in [2.75, 3.05) is 25.0 Å². The summed E-state index contributed by atoms with van der Waals surface area (Å²) in [5, 5.41) is 13.7. The summed E-state index contributed by atoms with van der Waals surface area (Å²) in [6.45, 7) is 7.54. The van der Waals surface area contributed by atoms with Crippen LogP contribution in [0.25, 0.3) is 11.4 Å². The van der Waals surface area contributed by atoms with Gasteiger partial charge in [-0.3, -0.25) is 9.58 Å². The first kappa shape index (κ1) is 23.6. The van der Waals surface area contributed by atoms with E-state index in [1.807, 2.05) is 32.0 Å². The van der Waals surface area contributed by atoms with E-state index >= 15 is 0 Å². The second kappa shape index (κ2) is 9.02. The highest BCUT2D eigenvalue weighted by Crippen LogP contribution is 2.35. The van der Waals surface area contributed by atoms with Crippen LogP contribution in [0.4, 0.5) is 19.0 Å². The molecule has 1 aliphatic heterocycles. The smallest absolute Gasteiger partial charge is 0.355 e. The largest absolute Gasteiger partial charge is 0.434 e. The Kier molecular flexibility index (Phi) is 6.45. The van der Waals surface area contributed by atoms with Gasteiger partial charge in [0, 0.05) is 38.9 Å². The van der Waals surface area contributed by atoms with Gasteiger partial charge in [0.05, 0.1) is 15.6 Å². The summed E-state index contributed by atoms with van der Waals surface area (Å²) in [4.78, 5) is 8.25. The van der Waals surface area contributed by atoms with E-state index in [1.54, 1.807) is 17.8 Å². The van der Waals surface area contributed by atoms with Crippen molar-refractivity contribution in [2.24, 2.45) is 7.05 Å². The van der Waals surface area contributed by atoms with Crippen molar-refractivity contribution in [1.82, 2.24) is 29.9 Å². The number of anilines is 1. The van der Waals surface area contributed by atoms with Gasteiger partial charge >= 0.3 is 6.18 Å². The minimum atomic E-state index is -4.42. The normalized spacial score (nSPS) is 15.6. The van der Waals surface area contributed by atoms with E-state index in [0.717, 1.165) is 65.6 Å². The van der Waals surface area contributed by atoms with Gasteiger partial charge in [-0.2, -0.15) is 18.3 Å². The molecular weight excluding hydrogens is 451 g/mol.